The van der Waals surface area contributed by atoms with Crippen LogP contribution in [0.5, 0.6) is 0 Å². The summed E-state index contributed by atoms with van der Waals surface area (Å²) in [6.07, 6.45) is 1.75. The van der Waals surface area contributed by atoms with Gasteiger partial charge in [-0.05, 0) is 26.8 Å². The van der Waals surface area contributed by atoms with Gasteiger partial charge in [-0.25, -0.2) is 15.0 Å². The number of hydrogen-bond acceptors (Lipinski definition) is 7. The largest absolute Gasteiger partial charge is 0.432 e. The lowest BCUT2D eigenvalue weighted by Crippen LogP contribution is -2.32. The minimum Gasteiger partial charge on any atom is -0.432 e. The van der Waals surface area contributed by atoms with Gasteiger partial charge in [0.2, 0.25) is 5.71 Å². The number of fused-ring (bicyclic) bond motifs is 4. The third-order valence-electron chi connectivity index (χ3n) is 4.19. The number of furan rings is 1. The maximum atomic E-state index is 9.46. The molecule has 1 aliphatic heterocycles. The number of nitrogens with zero attached hydrogens (tertiary/aromatic N) is 3. The molecule has 0 unspecified atom stereocenters. The molecule has 0 radical (unpaired) electrons. The van der Waals surface area contributed by atoms with Gasteiger partial charge in [0.1, 0.15) is 11.8 Å². The van der Waals surface area contributed by atoms with Crippen molar-refractivity contribution >= 4 is 28.0 Å². The summed E-state index contributed by atoms with van der Waals surface area (Å²) >= 11 is 0. The zero-order valence-corrected chi connectivity index (χ0v) is 14.0. The van der Waals surface area contributed by atoms with Crippen molar-refractivity contribution in [1.82, 2.24) is 15.0 Å². The van der Waals surface area contributed by atoms with E-state index in [0.29, 0.717) is 35.8 Å². The van der Waals surface area contributed by atoms with Gasteiger partial charge < -0.3 is 19.6 Å². The first kappa shape index (κ1) is 15.3. The van der Waals surface area contributed by atoms with Gasteiger partial charge in [-0.1, -0.05) is 0 Å². The van der Waals surface area contributed by atoms with E-state index in [2.05, 4.69) is 29.1 Å². The predicted octanol–water partition coefficient (Wildman–Crippen LogP) is 2.42. The van der Waals surface area contributed by atoms with Crippen molar-refractivity contribution in [3.8, 4) is 0 Å². The van der Waals surface area contributed by atoms with Gasteiger partial charge in [-0.2, -0.15) is 0 Å². The Hall–Kier alpha value is -2.25. The molecule has 4 heterocycles. The van der Waals surface area contributed by atoms with Crippen LogP contribution in [-0.4, -0.2) is 38.3 Å². The molecule has 126 valence electrons. The minimum absolute atomic E-state index is 0.219. The Bertz CT molecular complexity index is 917. The highest BCUT2D eigenvalue weighted by atomic mass is 16.5. The second-order valence-corrected chi connectivity index (χ2v) is 6.90. The molecule has 1 atom stereocenters. The van der Waals surface area contributed by atoms with Gasteiger partial charge >= 0.3 is 0 Å². The van der Waals surface area contributed by atoms with E-state index in [1.54, 1.807) is 6.92 Å². The highest BCUT2D eigenvalue weighted by Crippen LogP contribution is 2.34. The number of rotatable bonds is 3. The summed E-state index contributed by atoms with van der Waals surface area (Å²) in [7, 11) is 0. The molecule has 3 aromatic rings. The standard InChI is InChI=1S/C17H20N4O3/c1-9(22)6-18-15-14-13(19-8-20-15)11-4-10-7-23-17(2,3)5-12(10)21-16(11)24-14/h4,8-9,22H,5-7H2,1-3H3,(H,18,19,20)/t9-/m1/s1. The van der Waals surface area contributed by atoms with Crippen LogP contribution in [0, 0.1) is 0 Å². The molecule has 0 spiro atoms. The Morgan fingerprint density at radius 1 is 1.38 bits per heavy atom. The fraction of sp³-hybridized carbons (Fsp3) is 0.471. The average molecular weight is 328 g/mol. The Kier molecular flexibility index (Phi) is 3.43. The first-order chi connectivity index (χ1) is 11.4. The van der Waals surface area contributed by atoms with Gasteiger partial charge in [-0.15, -0.1) is 0 Å². The van der Waals surface area contributed by atoms with Crippen LogP contribution in [0.4, 0.5) is 5.82 Å². The molecule has 0 aromatic carbocycles. The summed E-state index contributed by atoms with van der Waals surface area (Å²) < 4.78 is 11.8. The molecule has 0 saturated heterocycles. The van der Waals surface area contributed by atoms with Gasteiger partial charge in [0.25, 0.3) is 0 Å². The van der Waals surface area contributed by atoms with Crippen LogP contribution < -0.4 is 5.32 Å². The van der Waals surface area contributed by atoms with Gasteiger partial charge in [0.05, 0.1) is 29.4 Å². The van der Waals surface area contributed by atoms with Crippen molar-refractivity contribution in [2.75, 3.05) is 11.9 Å². The van der Waals surface area contributed by atoms with E-state index in [1.807, 2.05) is 6.07 Å². The van der Waals surface area contributed by atoms with E-state index in [9.17, 15) is 5.11 Å². The molecule has 4 rings (SSSR count). The summed E-state index contributed by atoms with van der Waals surface area (Å²) in [5.41, 5.74) is 3.69. The zero-order chi connectivity index (χ0) is 16.9. The second kappa shape index (κ2) is 5.39. The molecule has 3 aromatic heterocycles. The average Bonchev–Trinajstić information content (AvgIpc) is 2.88. The molecule has 2 N–H and O–H groups in total. The molecule has 7 heteroatoms. The third kappa shape index (κ3) is 2.59. The van der Waals surface area contributed by atoms with Crippen LogP contribution in [-0.2, 0) is 17.8 Å². The second-order valence-electron chi connectivity index (χ2n) is 6.90. The minimum atomic E-state index is -0.482. The first-order valence-corrected chi connectivity index (χ1v) is 8.05. The lowest BCUT2D eigenvalue weighted by atomic mass is 9.95. The highest BCUT2D eigenvalue weighted by molar-refractivity contribution is 6.04. The number of ether oxygens (including phenoxy) is 1. The molecule has 0 bridgehead atoms. The Balaban J connectivity index is 1.84. The Morgan fingerprint density at radius 2 is 2.21 bits per heavy atom. The number of hydrogen-bond donors (Lipinski definition) is 2. The number of nitrogens with one attached hydrogen (secondary N) is 1. The van der Waals surface area contributed by atoms with E-state index < -0.39 is 6.10 Å². The first-order valence-electron chi connectivity index (χ1n) is 8.05. The summed E-state index contributed by atoms with van der Waals surface area (Å²) in [6, 6.07) is 2.05. The molecular weight excluding hydrogens is 308 g/mol. The van der Waals surface area contributed by atoms with Crippen molar-refractivity contribution in [2.24, 2.45) is 0 Å². The summed E-state index contributed by atoms with van der Waals surface area (Å²) in [6.45, 7) is 6.75. The lowest BCUT2D eigenvalue weighted by Gasteiger charge is -2.30. The zero-order valence-electron chi connectivity index (χ0n) is 14.0. The molecule has 24 heavy (non-hydrogen) atoms. The molecule has 0 aliphatic carbocycles. The van der Waals surface area contributed by atoms with E-state index in [4.69, 9.17) is 14.1 Å². The van der Waals surface area contributed by atoms with Crippen molar-refractivity contribution in [2.45, 2.75) is 45.5 Å². The SMILES string of the molecule is C[C@@H](O)CNc1ncnc2c1oc1nc3c(cc12)COC(C)(C)C3. The number of pyridine rings is 1. The van der Waals surface area contributed by atoms with Crippen LogP contribution in [0.1, 0.15) is 32.0 Å². The highest BCUT2D eigenvalue weighted by Gasteiger charge is 2.28. The van der Waals surface area contributed by atoms with E-state index >= 15 is 0 Å². The Morgan fingerprint density at radius 3 is 3.00 bits per heavy atom. The fourth-order valence-electron chi connectivity index (χ4n) is 2.96. The number of anilines is 1. The van der Waals surface area contributed by atoms with Crippen LogP contribution in [0.25, 0.3) is 22.2 Å². The van der Waals surface area contributed by atoms with Crippen LogP contribution in [0.2, 0.25) is 0 Å². The van der Waals surface area contributed by atoms with E-state index in [-0.39, 0.29) is 5.60 Å². The predicted molar refractivity (Wildman–Crippen MR) is 89.8 cm³/mol. The lowest BCUT2D eigenvalue weighted by molar-refractivity contribution is -0.0411. The molecular formula is C17H20N4O3. The normalized spacial score (nSPS) is 17.8. The van der Waals surface area contributed by atoms with Gasteiger partial charge in [-0.3, -0.25) is 0 Å². The van der Waals surface area contributed by atoms with Crippen molar-refractivity contribution in [3.63, 3.8) is 0 Å². The third-order valence-corrected chi connectivity index (χ3v) is 4.19. The van der Waals surface area contributed by atoms with Gasteiger partial charge in [0.15, 0.2) is 11.4 Å². The molecule has 0 amide bonds. The van der Waals surface area contributed by atoms with Crippen LogP contribution in [0.15, 0.2) is 16.8 Å². The number of aromatic nitrogens is 3. The van der Waals surface area contributed by atoms with Gasteiger partial charge in [0, 0.05) is 18.5 Å². The van der Waals surface area contributed by atoms with Crippen molar-refractivity contribution in [3.05, 3.63) is 23.7 Å². The number of aliphatic hydroxyl groups excluding tert-OH is 1. The summed E-state index contributed by atoms with van der Waals surface area (Å²) in [4.78, 5) is 13.3. The molecule has 7 nitrogen and oxygen atoms in total. The van der Waals surface area contributed by atoms with Crippen molar-refractivity contribution < 1.29 is 14.3 Å². The van der Waals surface area contributed by atoms with E-state index in [0.717, 1.165) is 23.1 Å². The fourth-order valence-corrected chi connectivity index (χ4v) is 2.96. The summed E-state index contributed by atoms with van der Waals surface area (Å²) in [5, 5.41) is 13.4. The topological polar surface area (TPSA) is 93.3 Å². The smallest absolute Gasteiger partial charge is 0.229 e. The maximum Gasteiger partial charge on any atom is 0.229 e. The van der Waals surface area contributed by atoms with Crippen LogP contribution >= 0.6 is 0 Å². The Labute approximate surface area is 139 Å². The molecule has 1 aliphatic rings. The maximum absolute atomic E-state index is 9.46. The number of aliphatic hydroxyl groups is 1. The van der Waals surface area contributed by atoms with Crippen LogP contribution in [0.3, 0.4) is 0 Å². The van der Waals surface area contributed by atoms with Crippen molar-refractivity contribution in [1.29, 1.82) is 0 Å². The summed E-state index contributed by atoms with van der Waals surface area (Å²) in [5.74, 6) is 0.563. The molecule has 0 fully saturated rings. The monoisotopic (exact) mass is 328 g/mol. The quantitative estimate of drug-likeness (QED) is 0.762. The van der Waals surface area contributed by atoms with E-state index in [1.165, 1.54) is 6.33 Å². The molecule has 0 saturated carbocycles.